The van der Waals surface area contributed by atoms with Crippen molar-refractivity contribution in [1.29, 1.82) is 0 Å². The smallest absolute Gasteiger partial charge is 0.596 e. The average Bonchev–Trinajstić information content (AvgIpc) is 2.03. The van der Waals surface area contributed by atoms with E-state index < -0.39 is 15.8 Å². The largest absolute Gasteiger partial charge is 1.00 e. The molecule has 0 rings (SSSR count). The second kappa shape index (κ2) is 10.3. The van der Waals surface area contributed by atoms with Gasteiger partial charge in [-0.2, -0.15) is 0 Å². The van der Waals surface area contributed by atoms with Crippen molar-refractivity contribution in [2.45, 2.75) is 13.8 Å². The van der Waals surface area contributed by atoms with Crippen molar-refractivity contribution in [1.82, 2.24) is 5.09 Å². The predicted molar refractivity (Wildman–Crippen MR) is 51.3 cm³/mol. The first-order valence-electron chi connectivity index (χ1n) is 4.30. The van der Waals surface area contributed by atoms with Crippen LogP contribution in [0.25, 0.3) is 0 Å². The van der Waals surface area contributed by atoms with Gasteiger partial charge in [0, 0.05) is 6.54 Å². The van der Waals surface area contributed by atoms with E-state index in [0.717, 1.165) is 0 Å². The van der Waals surface area contributed by atoms with Crippen molar-refractivity contribution in [3.63, 3.8) is 0 Å². The molecule has 1 unspecified atom stereocenters. The van der Waals surface area contributed by atoms with Crippen molar-refractivity contribution in [2.75, 3.05) is 25.9 Å². The molecule has 15 heavy (non-hydrogen) atoms. The molecule has 0 bridgehead atoms. The maximum absolute atomic E-state index is 11.6. The summed E-state index contributed by atoms with van der Waals surface area (Å²) >= 11 is 0. The zero-order chi connectivity index (χ0) is 11.0. The van der Waals surface area contributed by atoms with Crippen LogP contribution in [0.15, 0.2) is 0 Å². The van der Waals surface area contributed by atoms with E-state index in [1.54, 1.807) is 13.8 Å². The van der Waals surface area contributed by atoms with Gasteiger partial charge in [0.2, 0.25) is 0 Å². The summed E-state index contributed by atoms with van der Waals surface area (Å²) in [6.45, 7) is 3.92. The maximum Gasteiger partial charge on any atom is 1.00 e. The monoisotopic (exact) mass is 266 g/mol. The standard InChI is InChI=1S/C6H15NO5P2.Na/c1-3-11-14(10,12-4-2)7-5-6-13(8)9;/h3-6H2,1-2H3,(H,7,10);/q;+1. The van der Waals surface area contributed by atoms with Gasteiger partial charge in [-0.15, -0.1) is 0 Å². The van der Waals surface area contributed by atoms with E-state index >= 15 is 0 Å². The molecule has 1 N–H and O–H groups in total. The van der Waals surface area contributed by atoms with Crippen molar-refractivity contribution >= 4 is 15.8 Å². The molecule has 0 fully saturated rings. The quantitative estimate of drug-likeness (QED) is 0.398. The Morgan fingerprint density at radius 2 is 1.80 bits per heavy atom. The summed E-state index contributed by atoms with van der Waals surface area (Å²) in [6, 6.07) is 0. The molecule has 84 valence electrons. The van der Waals surface area contributed by atoms with Gasteiger partial charge in [-0.3, -0.25) is 9.05 Å². The molecular weight excluding hydrogens is 251 g/mol. The van der Waals surface area contributed by atoms with Crippen LogP contribution >= 0.6 is 15.8 Å². The van der Waals surface area contributed by atoms with E-state index in [1.807, 2.05) is 0 Å². The van der Waals surface area contributed by atoms with Gasteiger partial charge in [-0.25, -0.2) is 9.65 Å². The molecule has 6 nitrogen and oxygen atoms in total. The Morgan fingerprint density at radius 1 is 1.33 bits per heavy atom. The zero-order valence-electron chi connectivity index (χ0n) is 9.26. The van der Waals surface area contributed by atoms with Crippen molar-refractivity contribution in [3.05, 3.63) is 0 Å². The number of hydrogen-bond acceptors (Lipinski definition) is 5. The summed E-state index contributed by atoms with van der Waals surface area (Å²) in [7, 11) is -5.76. The van der Waals surface area contributed by atoms with Crippen LogP contribution in [0.1, 0.15) is 13.8 Å². The van der Waals surface area contributed by atoms with Gasteiger partial charge in [-0.1, -0.05) is 4.57 Å². The second-order valence-corrected chi connectivity index (χ2v) is 5.24. The SMILES string of the molecule is CCOP(=O)(NCC[P+](=O)[O-])OCC.[Na+]. The van der Waals surface area contributed by atoms with Crippen LogP contribution < -0.4 is 39.5 Å². The summed E-state index contributed by atoms with van der Waals surface area (Å²) in [6.07, 6.45) is -0.0839. The Bertz CT molecular complexity index is 218. The van der Waals surface area contributed by atoms with E-state index in [0.29, 0.717) is 0 Å². The first kappa shape index (κ1) is 18.5. The van der Waals surface area contributed by atoms with Crippen molar-refractivity contribution in [2.24, 2.45) is 0 Å². The summed E-state index contributed by atoms with van der Waals surface area (Å²) in [4.78, 5) is 10.2. The summed E-state index contributed by atoms with van der Waals surface area (Å²) in [5.74, 6) is 0. The molecule has 0 saturated carbocycles. The Morgan fingerprint density at radius 3 is 2.13 bits per heavy atom. The topological polar surface area (TPSA) is 87.7 Å². The molecule has 0 aliphatic heterocycles. The minimum Gasteiger partial charge on any atom is -0.596 e. The minimum absolute atomic E-state index is 0. The molecule has 0 aromatic rings. The van der Waals surface area contributed by atoms with E-state index in [2.05, 4.69) is 5.09 Å². The second-order valence-electron chi connectivity index (χ2n) is 2.30. The minimum atomic E-state index is -3.29. The van der Waals surface area contributed by atoms with Crippen LogP contribution in [0, 0.1) is 0 Å². The van der Waals surface area contributed by atoms with E-state index in [-0.39, 0.29) is 55.5 Å². The molecule has 0 spiro atoms. The van der Waals surface area contributed by atoms with Gasteiger partial charge in [0.15, 0.2) is 6.16 Å². The summed E-state index contributed by atoms with van der Waals surface area (Å²) in [5.41, 5.74) is 0. The molecule has 0 aromatic heterocycles. The van der Waals surface area contributed by atoms with Crippen LogP contribution in [-0.2, 0) is 18.2 Å². The van der Waals surface area contributed by atoms with Crippen molar-refractivity contribution < 1.29 is 52.6 Å². The molecule has 0 heterocycles. The van der Waals surface area contributed by atoms with Crippen LogP contribution in [0.3, 0.4) is 0 Å². The number of hydrogen-bond donors (Lipinski definition) is 1. The molecule has 0 aliphatic rings. The predicted octanol–water partition coefficient (Wildman–Crippen LogP) is -2.14. The van der Waals surface area contributed by atoms with E-state index in [9.17, 15) is 14.0 Å². The Balaban J connectivity index is 0. The van der Waals surface area contributed by atoms with Gasteiger partial charge < -0.3 is 4.89 Å². The van der Waals surface area contributed by atoms with Gasteiger partial charge in [0.05, 0.1) is 13.2 Å². The maximum atomic E-state index is 11.6. The van der Waals surface area contributed by atoms with Crippen LogP contribution in [0.2, 0.25) is 0 Å². The third-order valence-electron chi connectivity index (χ3n) is 1.20. The van der Waals surface area contributed by atoms with Gasteiger partial charge in [-0.05, 0) is 13.8 Å². The molecule has 0 aliphatic carbocycles. The molecule has 0 amide bonds. The summed E-state index contributed by atoms with van der Waals surface area (Å²) < 4.78 is 31.6. The fourth-order valence-corrected chi connectivity index (χ4v) is 2.54. The van der Waals surface area contributed by atoms with Gasteiger partial charge in [0.25, 0.3) is 0 Å². The van der Waals surface area contributed by atoms with Crippen LogP contribution in [0.5, 0.6) is 0 Å². The first-order chi connectivity index (χ1) is 6.54. The third kappa shape index (κ3) is 10.1. The number of rotatable bonds is 8. The Labute approximate surface area is 113 Å². The van der Waals surface area contributed by atoms with Gasteiger partial charge in [0.1, 0.15) is 0 Å². The fraction of sp³-hybridized carbons (Fsp3) is 1.00. The normalized spacial score (nSPS) is 12.1. The van der Waals surface area contributed by atoms with Crippen molar-refractivity contribution in [3.8, 4) is 0 Å². The molecule has 9 heteroatoms. The molecular formula is C6H15NNaO5P2+. The van der Waals surface area contributed by atoms with E-state index in [1.165, 1.54) is 0 Å². The van der Waals surface area contributed by atoms with Crippen LogP contribution in [0.4, 0.5) is 0 Å². The third-order valence-corrected chi connectivity index (χ3v) is 3.59. The van der Waals surface area contributed by atoms with Crippen LogP contribution in [-0.4, -0.2) is 25.9 Å². The van der Waals surface area contributed by atoms with E-state index in [4.69, 9.17) is 9.05 Å². The van der Waals surface area contributed by atoms with Gasteiger partial charge >= 0.3 is 45.3 Å². The molecule has 0 saturated heterocycles. The number of nitrogens with one attached hydrogen (secondary N) is 1. The summed E-state index contributed by atoms with van der Waals surface area (Å²) in [5, 5.41) is 2.46. The average molecular weight is 266 g/mol. The fourth-order valence-electron chi connectivity index (χ4n) is 0.747. The molecule has 1 atom stereocenters. The zero-order valence-corrected chi connectivity index (χ0v) is 13.1. The Kier molecular flexibility index (Phi) is 12.8. The Hall–Kier alpha value is 1.17. The molecule has 0 radical (unpaired) electrons. The first-order valence-corrected chi connectivity index (χ1v) is 7.20. The molecule has 0 aromatic carbocycles.